The quantitative estimate of drug-likeness (QED) is 0.273. The third-order valence-corrected chi connectivity index (χ3v) is 9.80. The molecule has 3 aromatic carbocycles. The fraction of sp³-hybridized carbons (Fsp3) is 0.294. The zero-order chi connectivity index (χ0) is 32.4. The molecule has 0 N–H and O–H groups in total. The van der Waals surface area contributed by atoms with Crippen molar-refractivity contribution in [2.75, 3.05) is 57.6 Å². The largest absolute Gasteiger partial charge is 0.497 e. The molecule has 1 saturated heterocycles. The van der Waals surface area contributed by atoms with Crippen LogP contribution in [0.25, 0.3) is 16.9 Å². The first-order valence-electron chi connectivity index (χ1n) is 14.9. The number of fused-ring (bicyclic) bond motifs is 1. The van der Waals surface area contributed by atoms with E-state index < -0.39 is 0 Å². The minimum absolute atomic E-state index is 0.0167. The molecule has 0 aliphatic carbocycles. The summed E-state index contributed by atoms with van der Waals surface area (Å²) in [5.74, 6) is 1.58. The molecule has 238 valence electrons. The molecule has 3 amide bonds. The highest BCUT2D eigenvalue weighted by Crippen LogP contribution is 2.50. The summed E-state index contributed by atoms with van der Waals surface area (Å²) in [6, 6.07) is 22.6. The highest BCUT2D eigenvalue weighted by atomic mass is 35.5. The van der Waals surface area contributed by atoms with E-state index in [1.165, 1.54) is 18.7 Å². The first-order chi connectivity index (χ1) is 22.3. The Morgan fingerprint density at radius 1 is 0.913 bits per heavy atom. The SMILES string of the molecule is COc1ccc(-n2nc(-c3ccc(Cl)cc3)c3c2N(CC(=O)N2CCN(C(C)=O)CC2)C(=O)CS[C@@H]3c2ccccc2OC)cc1. The molecule has 1 aromatic heterocycles. The predicted molar refractivity (Wildman–Crippen MR) is 179 cm³/mol. The number of nitrogens with zero attached hydrogens (tertiary/aromatic N) is 5. The summed E-state index contributed by atoms with van der Waals surface area (Å²) in [5, 5.41) is 5.38. The summed E-state index contributed by atoms with van der Waals surface area (Å²) in [6.45, 7) is 3.07. The average molecular weight is 660 g/mol. The number of rotatable bonds is 7. The minimum Gasteiger partial charge on any atom is -0.497 e. The number of amides is 3. The normalized spacial score (nSPS) is 16.6. The van der Waals surface area contributed by atoms with Gasteiger partial charge in [-0.3, -0.25) is 19.3 Å². The number of anilines is 1. The Morgan fingerprint density at radius 3 is 2.24 bits per heavy atom. The maximum Gasteiger partial charge on any atom is 0.242 e. The lowest BCUT2D eigenvalue weighted by molar-refractivity contribution is -0.137. The molecule has 2 aliphatic heterocycles. The van der Waals surface area contributed by atoms with Gasteiger partial charge < -0.3 is 19.3 Å². The molecule has 0 radical (unpaired) electrons. The molecule has 0 spiro atoms. The predicted octanol–water partition coefficient (Wildman–Crippen LogP) is 5.07. The molecule has 12 heteroatoms. The van der Waals surface area contributed by atoms with Gasteiger partial charge in [-0.1, -0.05) is 41.9 Å². The van der Waals surface area contributed by atoms with Crippen molar-refractivity contribution >= 4 is 46.9 Å². The lowest BCUT2D eigenvalue weighted by Gasteiger charge is -2.35. The van der Waals surface area contributed by atoms with Crippen molar-refractivity contribution in [1.82, 2.24) is 19.6 Å². The molecule has 0 unspecified atom stereocenters. The number of thioether (sulfide) groups is 1. The Kier molecular flexibility index (Phi) is 9.23. The Balaban J connectivity index is 1.54. The van der Waals surface area contributed by atoms with Gasteiger partial charge in [0.25, 0.3) is 0 Å². The molecule has 6 rings (SSSR count). The summed E-state index contributed by atoms with van der Waals surface area (Å²) in [5.41, 5.74) is 3.85. The average Bonchev–Trinajstić information content (AvgIpc) is 3.41. The van der Waals surface area contributed by atoms with Gasteiger partial charge in [-0.2, -0.15) is 5.10 Å². The monoisotopic (exact) mass is 659 g/mol. The Labute approximate surface area is 276 Å². The second kappa shape index (κ2) is 13.5. The van der Waals surface area contributed by atoms with Crippen LogP contribution in [0.15, 0.2) is 72.8 Å². The van der Waals surface area contributed by atoms with Gasteiger partial charge in [-0.05, 0) is 42.5 Å². The van der Waals surface area contributed by atoms with Crippen LogP contribution in [-0.2, 0) is 14.4 Å². The summed E-state index contributed by atoms with van der Waals surface area (Å²) in [7, 11) is 3.23. The summed E-state index contributed by atoms with van der Waals surface area (Å²) in [4.78, 5) is 44.9. The number of para-hydroxylation sites is 1. The van der Waals surface area contributed by atoms with Crippen LogP contribution in [0.4, 0.5) is 5.82 Å². The van der Waals surface area contributed by atoms with E-state index in [-0.39, 0.29) is 35.3 Å². The number of benzene rings is 3. The van der Waals surface area contributed by atoms with Crippen molar-refractivity contribution in [3.8, 4) is 28.4 Å². The van der Waals surface area contributed by atoms with E-state index in [0.29, 0.717) is 59.9 Å². The highest BCUT2D eigenvalue weighted by molar-refractivity contribution is 8.00. The second-order valence-corrected chi connectivity index (χ2v) is 12.5. The van der Waals surface area contributed by atoms with Crippen molar-refractivity contribution in [2.24, 2.45) is 0 Å². The molecule has 1 atom stereocenters. The molecule has 0 bridgehead atoms. The zero-order valence-electron chi connectivity index (χ0n) is 25.8. The molecule has 46 heavy (non-hydrogen) atoms. The van der Waals surface area contributed by atoms with E-state index in [4.69, 9.17) is 26.2 Å². The standard InChI is InChI=1S/C34H34ClN5O5S/c1-22(41)37-16-18-38(19-17-37)29(42)20-39-30(43)21-46-33(27-6-4-5-7-28(27)45-3)31-32(23-8-10-24(35)11-9-23)36-40(34(31)39)25-12-14-26(44-2)15-13-25/h4-15,33H,16-21H2,1-3H3/t33-/m1/s1. The highest BCUT2D eigenvalue weighted by Gasteiger charge is 2.39. The number of aromatic nitrogens is 2. The van der Waals surface area contributed by atoms with Crippen molar-refractivity contribution < 1.29 is 23.9 Å². The van der Waals surface area contributed by atoms with E-state index in [1.54, 1.807) is 33.6 Å². The van der Waals surface area contributed by atoms with Gasteiger partial charge in [-0.15, -0.1) is 11.8 Å². The summed E-state index contributed by atoms with van der Waals surface area (Å²) < 4.78 is 12.9. The Morgan fingerprint density at radius 2 is 1.59 bits per heavy atom. The number of piperazine rings is 1. The number of hydrogen-bond acceptors (Lipinski definition) is 7. The lowest BCUT2D eigenvalue weighted by Crippen LogP contribution is -2.53. The smallest absolute Gasteiger partial charge is 0.242 e. The third-order valence-electron chi connectivity index (χ3n) is 8.32. The molecule has 2 aliphatic rings. The molecule has 4 aromatic rings. The third kappa shape index (κ3) is 6.17. The van der Waals surface area contributed by atoms with Gasteiger partial charge in [0.15, 0.2) is 0 Å². The maximum atomic E-state index is 14.1. The van der Waals surface area contributed by atoms with Crippen molar-refractivity contribution in [3.05, 3.63) is 88.9 Å². The van der Waals surface area contributed by atoms with Crippen LogP contribution in [0, 0.1) is 0 Å². The zero-order valence-corrected chi connectivity index (χ0v) is 27.4. The number of carbonyl (C=O) groups is 3. The van der Waals surface area contributed by atoms with Gasteiger partial charge in [0, 0.05) is 54.8 Å². The first-order valence-corrected chi connectivity index (χ1v) is 16.3. The topological polar surface area (TPSA) is 97.2 Å². The van der Waals surface area contributed by atoms with E-state index >= 15 is 0 Å². The fourth-order valence-electron chi connectivity index (χ4n) is 5.88. The molecule has 10 nitrogen and oxygen atoms in total. The fourth-order valence-corrected chi connectivity index (χ4v) is 7.23. The van der Waals surface area contributed by atoms with E-state index in [2.05, 4.69) is 0 Å². The van der Waals surface area contributed by atoms with E-state index in [9.17, 15) is 14.4 Å². The van der Waals surface area contributed by atoms with Crippen molar-refractivity contribution in [2.45, 2.75) is 12.2 Å². The van der Waals surface area contributed by atoms with Gasteiger partial charge in [0.05, 0.1) is 36.6 Å². The van der Waals surface area contributed by atoms with Crippen LogP contribution < -0.4 is 14.4 Å². The van der Waals surface area contributed by atoms with Crippen LogP contribution in [-0.4, -0.2) is 90.0 Å². The van der Waals surface area contributed by atoms with Crippen LogP contribution in [0.5, 0.6) is 11.5 Å². The molecule has 0 saturated carbocycles. The Bertz CT molecular complexity index is 1750. The Hall–Kier alpha value is -4.48. The molecule has 1 fully saturated rings. The van der Waals surface area contributed by atoms with Crippen molar-refractivity contribution in [3.63, 3.8) is 0 Å². The van der Waals surface area contributed by atoms with Gasteiger partial charge >= 0.3 is 0 Å². The van der Waals surface area contributed by atoms with Gasteiger partial charge in [0.1, 0.15) is 23.9 Å². The molecule has 3 heterocycles. The van der Waals surface area contributed by atoms with Crippen molar-refractivity contribution in [1.29, 1.82) is 0 Å². The second-order valence-electron chi connectivity index (χ2n) is 11.0. The summed E-state index contributed by atoms with van der Waals surface area (Å²) in [6.07, 6.45) is 0. The molecular formula is C34H34ClN5O5S. The summed E-state index contributed by atoms with van der Waals surface area (Å²) >= 11 is 7.76. The number of halogens is 1. The van der Waals surface area contributed by atoms with E-state index in [1.807, 2.05) is 72.8 Å². The minimum atomic E-state index is -0.355. The number of carbonyl (C=O) groups excluding carboxylic acids is 3. The van der Waals surface area contributed by atoms with Crippen LogP contribution in [0.1, 0.15) is 23.3 Å². The maximum absolute atomic E-state index is 14.1. The van der Waals surface area contributed by atoms with Gasteiger partial charge in [0.2, 0.25) is 17.7 Å². The number of ether oxygens (including phenoxy) is 2. The van der Waals surface area contributed by atoms with Crippen LogP contribution in [0.2, 0.25) is 5.02 Å². The first kappa shape index (κ1) is 31.5. The van der Waals surface area contributed by atoms with E-state index in [0.717, 1.165) is 16.7 Å². The molecular weight excluding hydrogens is 626 g/mol. The van der Waals surface area contributed by atoms with Gasteiger partial charge in [-0.25, -0.2) is 4.68 Å². The number of methoxy groups -OCH3 is 2. The number of hydrogen-bond donors (Lipinski definition) is 0. The van der Waals surface area contributed by atoms with Crippen LogP contribution >= 0.6 is 23.4 Å². The lowest BCUT2D eigenvalue weighted by atomic mass is 9.99. The van der Waals surface area contributed by atoms with Crippen LogP contribution in [0.3, 0.4) is 0 Å².